The van der Waals surface area contributed by atoms with Crippen LogP contribution in [0.15, 0.2) is 24.3 Å². The zero-order valence-corrected chi connectivity index (χ0v) is 9.44. The topological polar surface area (TPSA) is 40.5 Å². The zero-order chi connectivity index (χ0) is 13.1. The van der Waals surface area contributed by atoms with Crippen LogP contribution >= 0.6 is 0 Å². The highest BCUT2D eigenvalue weighted by Crippen LogP contribution is 2.22. The summed E-state index contributed by atoms with van der Waals surface area (Å²) in [7, 11) is 0. The lowest BCUT2D eigenvalue weighted by molar-refractivity contribution is 0.0999. The number of benzene rings is 1. The molecule has 1 fully saturated rings. The van der Waals surface area contributed by atoms with Crippen molar-refractivity contribution in [2.45, 2.75) is 6.43 Å². The first-order valence-electron chi connectivity index (χ1n) is 5.44. The Bertz CT molecular complexity index is 513. The molecule has 1 saturated heterocycles. The van der Waals surface area contributed by atoms with E-state index in [0.29, 0.717) is 18.7 Å². The number of amides is 1. The van der Waals surface area contributed by atoms with E-state index in [9.17, 15) is 13.6 Å². The third kappa shape index (κ3) is 2.59. The molecule has 0 bridgehead atoms. The number of hydrogen-bond acceptors (Lipinski definition) is 1. The largest absolute Gasteiger partial charge is 0.465 e. The first kappa shape index (κ1) is 12.4. The molecular weight excluding hydrogens is 240 g/mol. The van der Waals surface area contributed by atoms with E-state index >= 15 is 0 Å². The van der Waals surface area contributed by atoms with Gasteiger partial charge in [-0.05, 0) is 6.07 Å². The summed E-state index contributed by atoms with van der Waals surface area (Å²) in [6.07, 6.45) is -3.52. The molecule has 1 heterocycles. The fraction of sp³-hybridized carbons (Fsp3) is 0.308. The minimum Gasteiger partial charge on any atom is -0.465 e. The minimum absolute atomic E-state index is 0.0631. The third-order valence-corrected chi connectivity index (χ3v) is 2.76. The van der Waals surface area contributed by atoms with Crippen molar-refractivity contribution in [3.8, 4) is 11.8 Å². The van der Waals surface area contributed by atoms with Crippen LogP contribution in [0.3, 0.4) is 0 Å². The van der Waals surface area contributed by atoms with Crippen LogP contribution in [-0.2, 0) is 0 Å². The average Bonchev–Trinajstić information content (AvgIpc) is 2.26. The molecule has 1 aromatic rings. The second kappa shape index (κ2) is 5.05. The standard InChI is InChI=1S/C13H11F2NO2/c14-12(15)11-4-2-1-3-10(11)6-5-9-7-16(8-9)13(17)18/h1-4,9,12H,7-8H2,(H,17,18). The number of nitrogens with zero attached hydrogens (tertiary/aromatic N) is 1. The molecule has 2 rings (SSSR count). The van der Waals surface area contributed by atoms with E-state index < -0.39 is 12.5 Å². The van der Waals surface area contributed by atoms with Gasteiger partial charge in [0.25, 0.3) is 6.43 Å². The molecule has 0 saturated carbocycles. The summed E-state index contributed by atoms with van der Waals surface area (Å²) in [5.41, 5.74) is 0.223. The summed E-state index contributed by atoms with van der Waals surface area (Å²) < 4.78 is 25.3. The Kier molecular flexibility index (Phi) is 3.47. The molecule has 1 aromatic carbocycles. The fourth-order valence-electron chi connectivity index (χ4n) is 1.71. The van der Waals surface area contributed by atoms with E-state index in [1.54, 1.807) is 18.2 Å². The van der Waals surface area contributed by atoms with Crippen molar-refractivity contribution < 1.29 is 18.7 Å². The first-order valence-corrected chi connectivity index (χ1v) is 5.44. The molecule has 1 N–H and O–H groups in total. The van der Waals surface area contributed by atoms with Gasteiger partial charge in [-0.1, -0.05) is 30.0 Å². The molecule has 0 aromatic heterocycles. The summed E-state index contributed by atoms with van der Waals surface area (Å²) in [4.78, 5) is 11.8. The Labute approximate surface area is 103 Å². The highest BCUT2D eigenvalue weighted by Gasteiger charge is 2.28. The number of halogens is 2. The Morgan fingerprint density at radius 1 is 1.39 bits per heavy atom. The lowest BCUT2D eigenvalue weighted by Gasteiger charge is -2.33. The maximum atomic E-state index is 12.7. The van der Waals surface area contributed by atoms with Crippen molar-refractivity contribution in [3.05, 3.63) is 35.4 Å². The molecule has 0 radical (unpaired) electrons. The van der Waals surface area contributed by atoms with Crippen LogP contribution in [0.25, 0.3) is 0 Å². The molecule has 1 aliphatic rings. The van der Waals surface area contributed by atoms with Gasteiger partial charge in [0, 0.05) is 24.2 Å². The zero-order valence-electron chi connectivity index (χ0n) is 9.44. The van der Waals surface area contributed by atoms with Crippen LogP contribution in [0.1, 0.15) is 17.6 Å². The van der Waals surface area contributed by atoms with Gasteiger partial charge < -0.3 is 10.0 Å². The Hall–Kier alpha value is -2.09. The number of carbonyl (C=O) groups is 1. The summed E-state index contributed by atoms with van der Waals surface area (Å²) in [5.74, 6) is 5.47. The smallest absolute Gasteiger partial charge is 0.407 e. The predicted octanol–water partition coefficient (Wildman–Crippen LogP) is 2.59. The van der Waals surface area contributed by atoms with Crippen molar-refractivity contribution >= 4 is 6.09 Å². The normalized spacial score (nSPS) is 14.9. The molecule has 18 heavy (non-hydrogen) atoms. The van der Waals surface area contributed by atoms with Gasteiger partial charge in [0.1, 0.15) is 0 Å². The van der Waals surface area contributed by atoms with Crippen LogP contribution in [0.2, 0.25) is 0 Å². The van der Waals surface area contributed by atoms with Crippen LogP contribution in [0.4, 0.5) is 13.6 Å². The maximum absolute atomic E-state index is 12.7. The van der Waals surface area contributed by atoms with Crippen LogP contribution in [0.5, 0.6) is 0 Å². The molecule has 0 aliphatic carbocycles. The number of alkyl halides is 2. The summed E-state index contributed by atoms with van der Waals surface area (Å²) >= 11 is 0. The van der Waals surface area contributed by atoms with Gasteiger partial charge in [0.15, 0.2) is 0 Å². The fourth-order valence-corrected chi connectivity index (χ4v) is 1.71. The van der Waals surface area contributed by atoms with Gasteiger partial charge in [0.2, 0.25) is 0 Å². The summed E-state index contributed by atoms with van der Waals surface area (Å²) in [5, 5.41) is 8.63. The molecule has 1 amide bonds. The summed E-state index contributed by atoms with van der Waals surface area (Å²) in [6, 6.07) is 6.09. The van der Waals surface area contributed by atoms with Crippen molar-refractivity contribution in [1.29, 1.82) is 0 Å². The average molecular weight is 251 g/mol. The SMILES string of the molecule is O=C(O)N1CC(C#Cc2ccccc2C(F)F)C1. The first-order chi connectivity index (χ1) is 8.58. The molecule has 0 atom stereocenters. The number of likely N-dealkylation sites (tertiary alicyclic amines) is 1. The van der Waals surface area contributed by atoms with Crippen molar-refractivity contribution in [2.24, 2.45) is 5.92 Å². The van der Waals surface area contributed by atoms with Gasteiger partial charge in [-0.3, -0.25) is 0 Å². The molecule has 3 nitrogen and oxygen atoms in total. The Balaban J connectivity index is 2.05. The number of rotatable bonds is 1. The molecule has 1 aliphatic heterocycles. The molecule has 0 spiro atoms. The van der Waals surface area contributed by atoms with Crippen molar-refractivity contribution in [3.63, 3.8) is 0 Å². The quantitative estimate of drug-likeness (QED) is 0.779. The second-order valence-electron chi connectivity index (χ2n) is 4.04. The maximum Gasteiger partial charge on any atom is 0.407 e. The van der Waals surface area contributed by atoms with Crippen LogP contribution < -0.4 is 0 Å². The van der Waals surface area contributed by atoms with Gasteiger partial charge in [-0.25, -0.2) is 13.6 Å². The van der Waals surface area contributed by atoms with E-state index in [4.69, 9.17) is 5.11 Å². The van der Waals surface area contributed by atoms with E-state index in [0.717, 1.165) is 0 Å². The van der Waals surface area contributed by atoms with E-state index in [1.165, 1.54) is 11.0 Å². The summed E-state index contributed by atoms with van der Waals surface area (Å²) in [6.45, 7) is 0.693. The minimum atomic E-state index is -2.55. The van der Waals surface area contributed by atoms with Crippen molar-refractivity contribution in [1.82, 2.24) is 4.90 Å². The highest BCUT2D eigenvalue weighted by molar-refractivity contribution is 5.66. The van der Waals surface area contributed by atoms with E-state index in [1.807, 2.05) is 0 Å². The molecule has 5 heteroatoms. The van der Waals surface area contributed by atoms with Crippen molar-refractivity contribution in [2.75, 3.05) is 13.1 Å². The predicted molar refractivity (Wildman–Crippen MR) is 61.4 cm³/mol. The van der Waals surface area contributed by atoms with E-state index in [-0.39, 0.29) is 11.5 Å². The lowest BCUT2D eigenvalue weighted by Crippen LogP contribution is -2.48. The van der Waals surface area contributed by atoms with Crippen LogP contribution in [-0.4, -0.2) is 29.2 Å². The monoisotopic (exact) mass is 251 g/mol. The van der Waals surface area contributed by atoms with Crippen LogP contribution in [0, 0.1) is 17.8 Å². The van der Waals surface area contributed by atoms with E-state index in [2.05, 4.69) is 11.8 Å². The number of hydrogen-bond donors (Lipinski definition) is 1. The van der Waals surface area contributed by atoms with Gasteiger partial charge in [0.05, 0.1) is 5.92 Å². The molecule has 0 unspecified atom stereocenters. The van der Waals surface area contributed by atoms with Gasteiger partial charge in [-0.15, -0.1) is 0 Å². The lowest BCUT2D eigenvalue weighted by atomic mass is 10.0. The Morgan fingerprint density at radius 3 is 2.67 bits per heavy atom. The number of carboxylic acid groups (broad SMARTS) is 1. The molecular formula is C13H11F2NO2. The molecule has 94 valence electrons. The third-order valence-electron chi connectivity index (χ3n) is 2.76. The van der Waals surface area contributed by atoms with Gasteiger partial charge >= 0.3 is 6.09 Å². The second-order valence-corrected chi connectivity index (χ2v) is 4.04. The van der Waals surface area contributed by atoms with Gasteiger partial charge in [-0.2, -0.15) is 0 Å². The Morgan fingerprint density at radius 2 is 2.06 bits per heavy atom. The highest BCUT2D eigenvalue weighted by atomic mass is 19.3.